The third-order valence-corrected chi connectivity index (χ3v) is 6.57. The Morgan fingerprint density at radius 1 is 0.697 bits per heavy atom. The van der Waals surface area contributed by atoms with E-state index in [2.05, 4.69) is 24.7 Å². The van der Waals surface area contributed by atoms with Gasteiger partial charge in [-0.1, -0.05) is 109 Å². The zero-order chi connectivity index (χ0) is 24.6. The van der Waals surface area contributed by atoms with Gasteiger partial charge in [-0.2, -0.15) is 0 Å². The fourth-order valence-electron chi connectivity index (χ4n) is 4.23. The second-order valence-electron chi connectivity index (χ2n) is 9.69. The lowest BCUT2D eigenvalue weighted by Crippen LogP contribution is -2.38. The summed E-state index contributed by atoms with van der Waals surface area (Å²) in [4.78, 5) is 24.0. The largest absolute Gasteiger partial charge is 0.469 e. The first kappa shape index (κ1) is 31.8. The van der Waals surface area contributed by atoms with E-state index in [0.717, 1.165) is 77.0 Å². The number of hydrogen-bond acceptors (Lipinski definition) is 4. The summed E-state index contributed by atoms with van der Waals surface area (Å²) >= 11 is 0. The van der Waals surface area contributed by atoms with Gasteiger partial charge < -0.3 is 9.84 Å². The topological polar surface area (TPSA) is 63.6 Å². The van der Waals surface area contributed by atoms with Gasteiger partial charge in [0.1, 0.15) is 5.60 Å². The Morgan fingerprint density at radius 3 is 1.82 bits per heavy atom. The molecule has 33 heavy (non-hydrogen) atoms. The maximum absolute atomic E-state index is 12.9. The fourth-order valence-corrected chi connectivity index (χ4v) is 4.23. The summed E-state index contributed by atoms with van der Waals surface area (Å²) in [5.41, 5.74) is -1.18. The Morgan fingerprint density at radius 2 is 1.21 bits per heavy atom. The molecule has 0 heterocycles. The molecular weight excluding hydrogens is 412 g/mol. The number of hydrogen-bond donors (Lipinski definition) is 1. The van der Waals surface area contributed by atoms with E-state index in [0.29, 0.717) is 25.7 Å². The van der Waals surface area contributed by atoms with Crippen molar-refractivity contribution in [3.05, 3.63) is 12.2 Å². The number of ether oxygens (including phenoxy) is 1. The molecule has 0 aromatic carbocycles. The van der Waals surface area contributed by atoms with Crippen molar-refractivity contribution in [1.29, 1.82) is 0 Å². The van der Waals surface area contributed by atoms with Crippen LogP contribution in [0.5, 0.6) is 0 Å². The minimum absolute atomic E-state index is 0.0443. The Kier molecular flexibility index (Phi) is 21.8. The van der Waals surface area contributed by atoms with Crippen LogP contribution in [0.2, 0.25) is 0 Å². The van der Waals surface area contributed by atoms with E-state index in [9.17, 15) is 14.7 Å². The van der Waals surface area contributed by atoms with Gasteiger partial charge in [-0.3, -0.25) is 9.59 Å². The first-order valence-electron chi connectivity index (χ1n) is 14.0. The summed E-state index contributed by atoms with van der Waals surface area (Å²) in [5, 5.41) is 11.2. The van der Waals surface area contributed by atoms with Gasteiger partial charge in [0.25, 0.3) is 0 Å². The second kappa shape index (κ2) is 22.6. The minimum Gasteiger partial charge on any atom is -0.469 e. The van der Waals surface area contributed by atoms with Gasteiger partial charge in [0.05, 0.1) is 7.11 Å². The predicted molar refractivity (Wildman–Crippen MR) is 139 cm³/mol. The Bertz CT molecular complexity index is 500. The number of carbonyl (C=O) groups excluding carboxylic acids is 2. The second-order valence-corrected chi connectivity index (χ2v) is 9.69. The zero-order valence-electron chi connectivity index (χ0n) is 22.2. The first-order valence-corrected chi connectivity index (χ1v) is 14.0. The molecule has 0 radical (unpaired) electrons. The summed E-state index contributed by atoms with van der Waals surface area (Å²) in [6.07, 6.45) is 25.2. The Labute approximate surface area is 204 Å². The number of carbonyl (C=O) groups is 2. The van der Waals surface area contributed by atoms with E-state index in [-0.39, 0.29) is 11.8 Å². The molecule has 0 aliphatic rings. The molecule has 0 saturated carbocycles. The van der Waals surface area contributed by atoms with Crippen LogP contribution < -0.4 is 0 Å². The van der Waals surface area contributed by atoms with Gasteiger partial charge in [0, 0.05) is 19.3 Å². The quantitative estimate of drug-likeness (QED) is 0.0883. The zero-order valence-corrected chi connectivity index (χ0v) is 22.2. The third kappa shape index (κ3) is 18.9. The molecule has 0 rings (SSSR count). The van der Waals surface area contributed by atoms with Crippen LogP contribution in [0, 0.1) is 0 Å². The SMILES string of the molecule is CCCCCCCCCC(=O)[C@](O)(C/C=C\CCCCCCCC(=O)OC)CCCCCC. The van der Waals surface area contributed by atoms with Crippen molar-refractivity contribution in [3.8, 4) is 0 Å². The highest BCUT2D eigenvalue weighted by molar-refractivity contribution is 5.87. The van der Waals surface area contributed by atoms with Gasteiger partial charge in [-0.15, -0.1) is 0 Å². The average Bonchev–Trinajstić information content (AvgIpc) is 2.82. The molecule has 0 fully saturated rings. The van der Waals surface area contributed by atoms with Crippen LogP contribution in [0.1, 0.15) is 149 Å². The van der Waals surface area contributed by atoms with E-state index in [1.165, 1.54) is 39.2 Å². The molecular formula is C29H54O4. The lowest BCUT2D eigenvalue weighted by atomic mass is 9.85. The molecule has 0 unspecified atom stereocenters. The van der Waals surface area contributed by atoms with Gasteiger partial charge in [0.15, 0.2) is 5.78 Å². The van der Waals surface area contributed by atoms with Crippen LogP contribution in [0.15, 0.2) is 12.2 Å². The van der Waals surface area contributed by atoms with E-state index in [1.807, 2.05) is 6.08 Å². The van der Waals surface area contributed by atoms with Crippen LogP contribution >= 0.6 is 0 Å². The number of aliphatic hydroxyl groups is 1. The smallest absolute Gasteiger partial charge is 0.305 e. The van der Waals surface area contributed by atoms with Gasteiger partial charge in [-0.25, -0.2) is 0 Å². The van der Waals surface area contributed by atoms with Gasteiger partial charge in [0.2, 0.25) is 0 Å². The maximum atomic E-state index is 12.9. The summed E-state index contributed by atoms with van der Waals surface area (Å²) in [6, 6.07) is 0. The molecule has 1 N–H and O–H groups in total. The molecule has 0 spiro atoms. The molecule has 194 valence electrons. The standard InChI is InChI=1S/C29H54O4/c1-4-6-8-10-13-16-19-23-27(30)29(32,25-21-9-7-5-2)26-22-18-15-12-11-14-17-20-24-28(31)33-3/h18,22,32H,4-17,19-21,23-26H2,1-3H3/b22-18-/t29-/m1/s1. The highest BCUT2D eigenvalue weighted by atomic mass is 16.5. The summed E-state index contributed by atoms with van der Waals surface area (Å²) in [7, 11) is 1.43. The van der Waals surface area contributed by atoms with Crippen molar-refractivity contribution in [2.45, 2.75) is 154 Å². The first-order chi connectivity index (χ1) is 16.0. The molecule has 0 saturated heterocycles. The number of Topliss-reactive ketones (excluding diaryl/α,β-unsaturated/α-hetero) is 1. The maximum Gasteiger partial charge on any atom is 0.305 e. The monoisotopic (exact) mass is 466 g/mol. The Hall–Kier alpha value is -1.16. The summed E-state index contributed by atoms with van der Waals surface area (Å²) < 4.78 is 4.66. The normalized spacial score (nSPS) is 13.3. The molecule has 4 nitrogen and oxygen atoms in total. The van der Waals surface area contributed by atoms with E-state index >= 15 is 0 Å². The van der Waals surface area contributed by atoms with Crippen LogP contribution in [-0.4, -0.2) is 29.6 Å². The highest BCUT2D eigenvalue weighted by Crippen LogP contribution is 2.25. The highest BCUT2D eigenvalue weighted by Gasteiger charge is 2.32. The van der Waals surface area contributed by atoms with Crippen molar-refractivity contribution in [2.24, 2.45) is 0 Å². The van der Waals surface area contributed by atoms with Crippen molar-refractivity contribution in [1.82, 2.24) is 0 Å². The van der Waals surface area contributed by atoms with Crippen LogP contribution in [0.3, 0.4) is 0 Å². The fraction of sp³-hybridized carbons (Fsp3) is 0.862. The lowest BCUT2D eigenvalue weighted by Gasteiger charge is -2.26. The Balaban J connectivity index is 4.24. The van der Waals surface area contributed by atoms with E-state index in [4.69, 9.17) is 0 Å². The molecule has 0 aliphatic carbocycles. The summed E-state index contributed by atoms with van der Waals surface area (Å²) in [5.74, 6) is -0.0792. The van der Waals surface area contributed by atoms with Crippen molar-refractivity contribution < 1.29 is 19.4 Å². The molecule has 0 aliphatic heterocycles. The van der Waals surface area contributed by atoms with Crippen LogP contribution in [-0.2, 0) is 14.3 Å². The predicted octanol–water partition coefficient (Wildman–Crippen LogP) is 8.25. The summed E-state index contributed by atoms with van der Waals surface area (Å²) in [6.45, 7) is 4.41. The molecule has 0 aromatic rings. The third-order valence-electron chi connectivity index (χ3n) is 6.57. The lowest BCUT2D eigenvalue weighted by molar-refractivity contribution is -0.140. The van der Waals surface area contributed by atoms with Gasteiger partial charge in [-0.05, 0) is 32.1 Å². The van der Waals surface area contributed by atoms with E-state index in [1.54, 1.807) is 0 Å². The number of unbranched alkanes of at least 4 members (excludes halogenated alkanes) is 14. The number of allylic oxidation sites excluding steroid dienone is 1. The van der Waals surface area contributed by atoms with Crippen LogP contribution in [0.25, 0.3) is 0 Å². The number of methoxy groups -OCH3 is 1. The van der Waals surface area contributed by atoms with Crippen molar-refractivity contribution in [2.75, 3.05) is 7.11 Å². The molecule has 1 atom stereocenters. The number of esters is 1. The average molecular weight is 467 g/mol. The molecule has 4 heteroatoms. The molecule has 0 aromatic heterocycles. The van der Waals surface area contributed by atoms with E-state index < -0.39 is 5.60 Å². The van der Waals surface area contributed by atoms with Crippen LogP contribution in [0.4, 0.5) is 0 Å². The molecule has 0 bridgehead atoms. The van der Waals surface area contributed by atoms with Crippen molar-refractivity contribution >= 4 is 11.8 Å². The van der Waals surface area contributed by atoms with Crippen molar-refractivity contribution in [3.63, 3.8) is 0 Å². The minimum atomic E-state index is -1.18. The molecule has 0 amide bonds. The number of ketones is 1. The number of rotatable bonds is 24. The van der Waals surface area contributed by atoms with Gasteiger partial charge >= 0.3 is 5.97 Å².